The van der Waals surface area contributed by atoms with Gasteiger partial charge in [-0.15, -0.1) is 0 Å². The highest BCUT2D eigenvalue weighted by atomic mass is 16.5. The fraction of sp³-hybridized carbons (Fsp3) is 0.636. The zero-order valence-corrected chi connectivity index (χ0v) is 8.99. The second-order valence-electron chi connectivity index (χ2n) is 4.00. The van der Waals surface area contributed by atoms with E-state index in [-0.39, 0.29) is 11.7 Å². The predicted octanol–water partition coefficient (Wildman–Crippen LogP) is 1.73. The molecule has 82 valence electrons. The van der Waals surface area contributed by atoms with Gasteiger partial charge in [-0.2, -0.15) is 5.26 Å². The molecule has 1 rings (SSSR count). The van der Waals surface area contributed by atoms with Crippen LogP contribution >= 0.6 is 0 Å². The minimum atomic E-state index is -1.13. The molecule has 0 spiro atoms. The Hall–Kier alpha value is -1.34. The second kappa shape index (κ2) is 4.94. The van der Waals surface area contributed by atoms with Gasteiger partial charge in [-0.05, 0) is 24.3 Å². The summed E-state index contributed by atoms with van der Waals surface area (Å²) in [6, 6.07) is 1.76. The molecule has 0 aromatic carbocycles. The van der Waals surface area contributed by atoms with Crippen LogP contribution in [0.2, 0.25) is 0 Å². The van der Waals surface area contributed by atoms with Gasteiger partial charge in [-0.3, -0.25) is 0 Å². The zero-order valence-electron chi connectivity index (χ0n) is 8.99. The summed E-state index contributed by atoms with van der Waals surface area (Å²) in [5, 5.41) is 17.6. The van der Waals surface area contributed by atoms with Crippen molar-refractivity contribution in [3.05, 3.63) is 11.1 Å². The van der Waals surface area contributed by atoms with Crippen molar-refractivity contribution in [2.24, 2.45) is 5.92 Å². The number of rotatable bonds is 2. The fourth-order valence-electron chi connectivity index (χ4n) is 1.67. The van der Waals surface area contributed by atoms with Gasteiger partial charge >= 0.3 is 5.97 Å². The summed E-state index contributed by atoms with van der Waals surface area (Å²) in [6.45, 7) is 4.57. The normalized spacial score (nSPS) is 24.8. The number of hydrogen-bond donors (Lipinski definition) is 1. The average Bonchev–Trinajstić information content (AvgIpc) is 2.18. The smallest absolute Gasteiger partial charge is 0.346 e. The fourth-order valence-corrected chi connectivity index (χ4v) is 1.67. The van der Waals surface area contributed by atoms with E-state index in [1.54, 1.807) is 6.07 Å². The van der Waals surface area contributed by atoms with Crippen LogP contribution in [0.5, 0.6) is 0 Å². The summed E-state index contributed by atoms with van der Waals surface area (Å²) in [4.78, 5) is 10.8. The first-order chi connectivity index (χ1) is 7.06. The van der Waals surface area contributed by atoms with Crippen molar-refractivity contribution in [3.63, 3.8) is 0 Å². The first-order valence-corrected chi connectivity index (χ1v) is 5.03. The van der Waals surface area contributed by atoms with Crippen molar-refractivity contribution in [2.75, 3.05) is 6.61 Å². The van der Waals surface area contributed by atoms with E-state index in [0.717, 1.165) is 5.57 Å². The molecule has 1 heterocycles. The Morgan fingerprint density at radius 3 is 2.80 bits per heavy atom. The summed E-state index contributed by atoms with van der Waals surface area (Å²) >= 11 is 0. The highest BCUT2D eigenvalue weighted by molar-refractivity contribution is 5.92. The minimum Gasteiger partial charge on any atom is -0.477 e. The van der Waals surface area contributed by atoms with Gasteiger partial charge in [0.2, 0.25) is 0 Å². The lowest BCUT2D eigenvalue weighted by atomic mass is 9.92. The largest absolute Gasteiger partial charge is 0.477 e. The third-order valence-corrected chi connectivity index (χ3v) is 2.61. The van der Waals surface area contributed by atoms with Crippen LogP contribution in [0, 0.1) is 17.2 Å². The third-order valence-electron chi connectivity index (χ3n) is 2.61. The molecule has 4 heteroatoms. The molecular weight excluding hydrogens is 194 g/mol. The third kappa shape index (κ3) is 2.80. The SMILES string of the molecule is CC(C)C1CC(=C(C#N)C(=O)O)CCO1. The lowest BCUT2D eigenvalue weighted by molar-refractivity contribution is -0.132. The molecule has 0 aliphatic carbocycles. The molecule has 0 aromatic heterocycles. The van der Waals surface area contributed by atoms with Crippen molar-refractivity contribution in [1.29, 1.82) is 5.26 Å². The predicted molar refractivity (Wildman–Crippen MR) is 54.1 cm³/mol. The molecule has 1 saturated heterocycles. The number of nitrogens with zero attached hydrogens (tertiary/aromatic N) is 1. The number of ether oxygens (including phenoxy) is 1. The molecule has 1 atom stereocenters. The van der Waals surface area contributed by atoms with Gasteiger partial charge < -0.3 is 9.84 Å². The van der Waals surface area contributed by atoms with Crippen LogP contribution in [0.4, 0.5) is 0 Å². The molecule has 0 amide bonds. The van der Waals surface area contributed by atoms with Crippen LogP contribution in [-0.4, -0.2) is 23.8 Å². The van der Waals surface area contributed by atoms with Crippen molar-refractivity contribution >= 4 is 5.97 Å². The Labute approximate surface area is 89.2 Å². The van der Waals surface area contributed by atoms with Crippen molar-refractivity contribution in [1.82, 2.24) is 0 Å². The van der Waals surface area contributed by atoms with E-state index in [1.165, 1.54) is 0 Å². The van der Waals surface area contributed by atoms with E-state index in [0.29, 0.717) is 25.4 Å². The van der Waals surface area contributed by atoms with Gasteiger partial charge in [0.15, 0.2) is 0 Å². The van der Waals surface area contributed by atoms with E-state index in [4.69, 9.17) is 15.1 Å². The Morgan fingerprint density at radius 1 is 1.67 bits per heavy atom. The molecule has 4 nitrogen and oxygen atoms in total. The van der Waals surface area contributed by atoms with Gasteiger partial charge in [-0.1, -0.05) is 13.8 Å². The highest BCUT2D eigenvalue weighted by Gasteiger charge is 2.24. The van der Waals surface area contributed by atoms with E-state index in [9.17, 15) is 4.79 Å². The number of carbonyl (C=O) groups is 1. The summed E-state index contributed by atoms with van der Waals surface area (Å²) in [5.74, 6) is -0.786. The van der Waals surface area contributed by atoms with Gasteiger partial charge in [-0.25, -0.2) is 4.79 Å². The maximum atomic E-state index is 10.8. The number of aliphatic carboxylic acids is 1. The van der Waals surface area contributed by atoms with Crippen LogP contribution in [-0.2, 0) is 9.53 Å². The van der Waals surface area contributed by atoms with Crippen molar-refractivity contribution in [2.45, 2.75) is 32.8 Å². The summed E-state index contributed by atoms with van der Waals surface area (Å²) in [5.41, 5.74) is 0.610. The lowest BCUT2D eigenvalue weighted by Crippen LogP contribution is -2.27. The first-order valence-electron chi connectivity index (χ1n) is 5.03. The Kier molecular flexibility index (Phi) is 3.87. The first kappa shape index (κ1) is 11.7. The maximum Gasteiger partial charge on any atom is 0.346 e. The molecule has 1 fully saturated rings. The van der Waals surface area contributed by atoms with Gasteiger partial charge in [0, 0.05) is 0 Å². The van der Waals surface area contributed by atoms with Gasteiger partial charge in [0.05, 0.1) is 12.7 Å². The molecule has 1 aliphatic heterocycles. The van der Waals surface area contributed by atoms with Crippen molar-refractivity contribution in [3.8, 4) is 6.07 Å². The van der Waals surface area contributed by atoms with Crippen LogP contribution in [0.15, 0.2) is 11.1 Å². The molecule has 0 radical (unpaired) electrons. The van der Waals surface area contributed by atoms with Crippen LogP contribution in [0.3, 0.4) is 0 Å². The van der Waals surface area contributed by atoms with Crippen LogP contribution in [0.1, 0.15) is 26.7 Å². The van der Waals surface area contributed by atoms with E-state index < -0.39 is 5.97 Å². The summed E-state index contributed by atoms with van der Waals surface area (Å²) in [7, 11) is 0. The van der Waals surface area contributed by atoms with Crippen LogP contribution in [0.25, 0.3) is 0 Å². The molecule has 1 unspecified atom stereocenters. The number of hydrogen-bond acceptors (Lipinski definition) is 3. The van der Waals surface area contributed by atoms with Gasteiger partial charge in [0.1, 0.15) is 11.6 Å². The quantitative estimate of drug-likeness (QED) is 0.555. The molecule has 0 bridgehead atoms. The van der Waals surface area contributed by atoms with Gasteiger partial charge in [0.25, 0.3) is 0 Å². The lowest BCUT2D eigenvalue weighted by Gasteiger charge is -2.28. The highest BCUT2D eigenvalue weighted by Crippen LogP contribution is 2.26. The number of carboxylic acid groups (broad SMARTS) is 1. The summed E-state index contributed by atoms with van der Waals surface area (Å²) in [6.07, 6.45) is 1.15. The second-order valence-corrected chi connectivity index (χ2v) is 4.00. The molecular formula is C11H15NO3. The average molecular weight is 209 g/mol. The van der Waals surface area contributed by atoms with E-state index in [2.05, 4.69) is 0 Å². The zero-order chi connectivity index (χ0) is 11.4. The minimum absolute atomic E-state index is 0.0384. The number of nitriles is 1. The monoisotopic (exact) mass is 209 g/mol. The summed E-state index contributed by atoms with van der Waals surface area (Å²) < 4.78 is 5.51. The standard InChI is InChI=1S/C11H15NO3/c1-7(2)10-5-8(3-4-15-10)9(6-12)11(13)14/h7,10H,3-5H2,1-2H3,(H,13,14). The topological polar surface area (TPSA) is 70.3 Å². The molecule has 0 aromatic rings. The maximum absolute atomic E-state index is 10.8. The molecule has 0 saturated carbocycles. The molecule has 1 aliphatic rings. The van der Waals surface area contributed by atoms with E-state index in [1.807, 2.05) is 13.8 Å². The van der Waals surface area contributed by atoms with Crippen molar-refractivity contribution < 1.29 is 14.6 Å². The Balaban J connectivity index is 2.87. The molecule has 15 heavy (non-hydrogen) atoms. The Morgan fingerprint density at radius 2 is 2.33 bits per heavy atom. The number of carboxylic acids is 1. The molecule has 1 N–H and O–H groups in total. The van der Waals surface area contributed by atoms with E-state index >= 15 is 0 Å². The Bertz CT molecular complexity index is 325. The van der Waals surface area contributed by atoms with Crippen LogP contribution < -0.4 is 0 Å².